The number of quaternary nitrogens is 1. The maximum absolute atomic E-state index is 12.9. The molecule has 1 amide bonds. The number of thioether (sulfide) groups is 2. The number of hydrogen-bond donors (Lipinski definition) is 1. The zero-order valence-corrected chi connectivity index (χ0v) is 19.0. The number of piperazine rings is 1. The Hall–Kier alpha value is -1.43. The Morgan fingerprint density at radius 2 is 1.62 bits per heavy atom. The molecule has 0 bridgehead atoms. The maximum atomic E-state index is 12.9. The highest BCUT2D eigenvalue weighted by molar-refractivity contribution is 8.19. The molecule has 2 aromatic carbocycles. The summed E-state index contributed by atoms with van der Waals surface area (Å²) < 4.78 is 0.543. The lowest BCUT2D eigenvalue weighted by Crippen LogP contribution is -3.13. The third kappa shape index (κ3) is 5.19. The molecule has 0 unspecified atom stereocenters. The maximum Gasteiger partial charge on any atom is 0.254 e. The average Bonchev–Trinajstić information content (AvgIpc) is 3.29. The first-order valence-corrected chi connectivity index (χ1v) is 12.7. The van der Waals surface area contributed by atoms with E-state index in [0.717, 1.165) is 38.3 Å². The zero-order valence-electron chi connectivity index (χ0n) is 17.4. The quantitative estimate of drug-likeness (QED) is 0.785. The number of amides is 1. The van der Waals surface area contributed by atoms with Crippen LogP contribution in [0.3, 0.4) is 0 Å². The topological polar surface area (TPSA) is 24.8 Å². The van der Waals surface area contributed by atoms with E-state index in [9.17, 15) is 4.79 Å². The molecule has 0 spiro atoms. The van der Waals surface area contributed by atoms with E-state index in [1.165, 1.54) is 28.2 Å². The Balaban J connectivity index is 1.29. The predicted molar refractivity (Wildman–Crippen MR) is 125 cm³/mol. The van der Waals surface area contributed by atoms with Crippen LogP contribution < -0.4 is 4.90 Å². The Morgan fingerprint density at radius 3 is 2.21 bits per heavy atom. The molecule has 0 aliphatic carbocycles. The SMILES string of the molecule is CC(C)c1ccc(C[NH+]2CCN(C(=O)c3ccc(C4SCCS4)cc3)CC2)cc1. The van der Waals surface area contributed by atoms with Crippen molar-refractivity contribution in [1.82, 2.24) is 4.90 Å². The van der Waals surface area contributed by atoms with Crippen molar-refractivity contribution < 1.29 is 9.69 Å². The molecular weight excluding hydrogens is 396 g/mol. The summed E-state index contributed by atoms with van der Waals surface area (Å²) in [5.74, 6) is 3.22. The summed E-state index contributed by atoms with van der Waals surface area (Å²) in [6.07, 6.45) is 0. The zero-order chi connectivity index (χ0) is 20.2. The van der Waals surface area contributed by atoms with E-state index in [4.69, 9.17) is 0 Å². The van der Waals surface area contributed by atoms with E-state index in [-0.39, 0.29) is 5.91 Å². The van der Waals surface area contributed by atoms with E-state index in [1.807, 2.05) is 40.6 Å². The summed E-state index contributed by atoms with van der Waals surface area (Å²) in [7, 11) is 0. The van der Waals surface area contributed by atoms with Crippen molar-refractivity contribution >= 4 is 29.4 Å². The third-order valence-electron chi connectivity index (χ3n) is 5.91. The van der Waals surface area contributed by atoms with E-state index in [1.54, 1.807) is 4.90 Å². The third-order valence-corrected chi connectivity index (χ3v) is 9.01. The molecule has 3 nitrogen and oxygen atoms in total. The molecule has 1 N–H and O–H groups in total. The number of rotatable bonds is 5. The molecule has 5 heteroatoms. The van der Waals surface area contributed by atoms with E-state index in [0.29, 0.717) is 10.5 Å². The first-order valence-electron chi connectivity index (χ1n) is 10.6. The standard InChI is InChI=1S/C24H30N2OS2/c1-18(2)20-5-3-19(4-6-20)17-25-11-13-26(14-12-25)23(27)21-7-9-22(10-8-21)24-28-15-16-29-24/h3-10,18,24H,11-17H2,1-2H3/p+1. The normalized spacial score (nSPS) is 18.5. The molecule has 4 rings (SSSR count). The highest BCUT2D eigenvalue weighted by Crippen LogP contribution is 2.45. The van der Waals surface area contributed by atoms with Crippen molar-refractivity contribution in [2.75, 3.05) is 37.7 Å². The number of carbonyl (C=O) groups is 1. The van der Waals surface area contributed by atoms with E-state index >= 15 is 0 Å². The average molecular weight is 428 g/mol. The molecule has 0 atom stereocenters. The molecule has 0 radical (unpaired) electrons. The minimum atomic E-state index is 0.184. The van der Waals surface area contributed by atoms with Gasteiger partial charge in [0.25, 0.3) is 5.91 Å². The number of carbonyl (C=O) groups excluding carboxylic acids is 1. The fourth-order valence-corrected chi connectivity index (χ4v) is 6.89. The predicted octanol–water partition coefficient (Wildman–Crippen LogP) is 3.83. The lowest BCUT2D eigenvalue weighted by atomic mass is 10.0. The largest absolute Gasteiger partial charge is 0.328 e. The monoisotopic (exact) mass is 427 g/mol. The van der Waals surface area contributed by atoms with Crippen LogP contribution in [0.1, 0.15) is 51.4 Å². The minimum Gasteiger partial charge on any atom is -0.328 e. The van der Waals surface area contributed by atoms with Gasteiger partial charge in [-0.1, -0.05) is 50.2 Å². The van der Waals surface area contributed by atoms with Gasteiger partial charge in [0.15, 0.2) is 0 Å². The molecule has 2 aliphatic heterocycles. The van der Waals surface area contributed by atoms with Gasteiger partial charge < -0.3 is 9.80 Å². The van der Waals surface area contributed by atoms with Crippen molar-refractivity contribution in [3.8, 4) is 0 Å². The van der Waals surface area contributed by atoms with Crippen LogP contribution in [-0.4, -0.2) is 48.5 Å². The Bertz CT molecular complexity index is 806. The van der Waals surface area contributed by atoms with Crippen molar-refractivity contribution in [2.24, 2.45) is 0 Å². The van der Waals surface area contributed by atoms with E-state index in [2.05, 4.69) is 50.2 Å². The van der Waals surface area contributed by atoms with Gasteiger partial charge in [-0.3, -0.25) is 4.79 Å². The van der Waals surface area contributed by atoms with Crippen molar-refractivity contribution in [3.05, 3.63) is 70.8 Å². The molecule has 0 saturated carbocycles. The van der Waals surface area contributed by atoms with Crippen LogP contribution in [0.25, 0.3) is 0 Å². The van der Waals surface area contributed by atoms with Crippen LogP contribution in [-0.2, 0) is 6.54 Å². The fraction of sp³-hybridized carbons (Fsp3) is 0.458. The van der Waals surface area contributed by atoms with Crippen LogP contribution in [0.2, 0.25) is 0 Å². The van der Waals surface area contributed by atoms with Gasteiger partial charge >= 0.3 is 0 Å². The minimum absolute atomic E-state index is 0.184. The lowest BCUT2D eigenvalue weighted by Gasteiger charge is -2.32. The van der Waals surface area contributed by atoms with Gasteiger partial charge in [-0.25, -0.2) is 0 Å². The lowest BCUT2D eigenvalue weighted by molar-refractivity contribution is -0.917. The second-order valence-electron chi connectivity index (χ2n) is 8.31. The number of hydrogen-bond acceptors (Lipinski definition) is 3. The smallest absolute Gasteiger partial charge is 0.254 e. The summed E-state index contributed by atoms with van der Waals surface area (Å²) >= 11 is 4.01. The second-order valence-corrected chi connectivity index (χ2v) is 11.0. The highest BCUT2D eigenvalue weighted by Gasteiger charge is 2.25. The molecule has 2 saturated heterocycles. The van der Waals surface area contributed by atoms with Gasteiger partial charge in [0.2, 0.25) is 0 Å². The van der Waals surface area contributed by atoms with Crippen molar-refractivity contribution in [1.29, 1.82) is 0 Å². The second kappa shape index (κ2) is 9.59. The molecule has 0 aromatic heterocycles. The molecule has 2 fully saturated rings. The van der Waals surface area contributed by atoms with Crippen LogP contribution in [0.15, 0.2) is 48.5 Å². The Kier molecular flexibility index (Phi) is 6.88. The van der Waals surface area contributed by atoms with Crippen LogP contribution in [0.5, 0.6) is 0 Å². The summed E-state index contributed by atoms with van der Waals surface area (Å²) in [6.45, 7) is 9.23. The van der Waals surface area contributed by atoms with Crippen molar-refractivity contribution in [2.45, 2.75) is 30.9 Å². The van der Waals surface area contributed by atoms with Crippen LogP contribution in [0.4, 0.5) is 0 Å². The summed E-state index contributed by atoms with van der Waals surface area (Å²) in [5.41, 5.74) is 4.96. The summed E-state index contributed by atoms with van der Waals surface area (Å²) in [6, 6.07) is 17.4. The molecule has 2 heterocycles. The van der Waals surface area contributed by atoms with Gasteiger partial charge in [-0.15, -0.1) is 23.5 Å². The number of nitrogens with zero attached hydrogens (tertiary/aromatic N) is 1. The summed E-state index contributed by atoms with van der Waals surface area (Å²) in [5, 5.41) is 0. The first kappa shape index (κ1) is 20.8. The van der Waals surface area contributed by atoms with E-state index < -0.39 is 0 Å². The number of benzene rings is 2. The van der Waals surface area contributed by atoms with Gasteiger partial charge in [0.1, 0.15) is 6.54 Å². The molecule has 2 aliphatic rings. The number of nitrogens with one attached hydrogen (secondary N) is 1. The Morgan fingerprint density at radius 1 is 1.00 bits per heavy atom. The fourth-order valence-electron chi connectivity index (χ4n) is 4.03. The molecule has 2 aromatic rings. The van der Waals surface area contributed by atoms with Gasteiger partial charge in [-0.05, 0) is 29.2 Å². The van der Waals surface area contributed by atoms with Gasteiger partial charge in [0.05, 0.1) is 30.8 Å². The van der Waals surface area contributed by atoms with Gasteiger partial charge in [-0.2, -0.15) is 0 Å². The van der Waals surface area contributed by atoms with Crippen molar-refractivity contribution in [3.63, 3.8) is 0 Å². The highest BCUT2D eigenvalue weighted by atomic mass is 32.2. The molecular formula is C24H31N2OS2+. The van der Waals surface area contributed by atoms with Crippen LogP contribution in [0, 0.1) is 0 Å². The van der Waals surface area contributed by atoms with Gasteiger partial charge in [0, 0.05) is 22.6 Å². The summed E-state index contributed by atoms with van der Waals surface area (Å²) in [4.78, 5) is 16.5. The Labute approximate surface area is 183 Å². The van der Waals surface area contributed by atoms with Crippen LogP contribution >= 0.6 is 23.5 Å². The molecule has 29 heavy (non-hydrogen) atoms. The molecule has 154 valence electrons. The first-order chi connectivity index (χ1) is 14.1.